The number of ether oxygens (including phenoxy) is 2. The maximum absolute atomic E-state index is 12.4. The minimum atomic E-state index is -0.473. The molecule has 0 aliphatic rings. The van der Waals surface area contributed by atoms with Gasteiger partial charge in [-0.2, -0.15) is 0 Å². The summed E-state index contributed by atoms with van der Waals surface area (Å²) in [5, 5.41) is 0. The fraction of sp³-hybridized carbons (Fsp3) is 0.364. The predicted molar refractivity (Wildman–Crippen MR) is 116 cm³/mol. The van der Waals surface area contributed by atoms with Crippen LogP contribution in [0.2, 0.25) is 0 Å². The molecule has 156 valence electrons. The Morgan fingerprint density at radius 3 is 2.34 bits per heavy atom. The van der Waals surface area contributed by atoms with Crippen LogP contribution in [0.15, 0.2) is 46.9 Å². The van der Waals surface area contributed by atoms with Crippen molar-refractivity contribution in [3.05, 3.63) is 58.1 Å². The lowest BCUT2D eigenvalue weighted by Gasteiger charge is -2.14. The molecule has 0 spiro atoms. The molecule has 6 nitrogen and oxygen atoms in total. The average Bonchev–Trinajstić information content (AvgIpc) is 2.69. The summed E-state index contributed by atoms with van der Waals surface area (Å²) in [5.41, 5.74) is 6.26. The third kappa shape index (κ3) is 7.09. The number of benzene rings is 2. The largest absolute Gasteiger partial charge is 0.492 e. The summed E-state index contributed by atoms with van der Waals surface area (Å²) >= 11 is 3.45. The molecule has 0 unspecified atom stereocenters. The fourth-order valence-corrected chi connectivity index (χ4v) is 2.91. The Balaban J connectivity index is 1.87. The lowest BCUT2D eigenvalue weighted by Crippen LogP contribution is -2.44. The van der Waals surface area contributed by atoms with E-state index in [-0.39, 0.29) is 6.61 Å². The van der Waals surface area contributed by atoms with Crippen molar-refractivity contribution in [2.45, 2.75) is 33.6 Å². The molecular weight excluding hydrogens is 436 g/mol. The van der Waals surface area contributed by atoms with E-state index in [1.54, 1.807) is 24.3 Å². The number of nitrogens with one attached hydrogen (secondary N) is 2. The van der Waals surface area contributed by atoms with Crippen LogP contribution in [0.25, 0.3) is 0 Å². The second-order valence-corrected chi connectivity index (χ2v) is 8.19. The highest BCUT2D eigenvalue weighted by molar-refractivity contribution is 9.10. The number of amides is 2. The van der Waals surface area contributed by atoms with Crippen molar-refractivity contribution in [1.82, 2.24) is 10.9 Å². The van der Waals surface area contributed by atoms with Crippen molar-refractivity contribution < 1.29 is 19.1 Å². The molecule has 0 saturated carbocycles. The van der Waals surface area contributed by atoms with E-state index < -0.39 is 11.8 Å². The maximum Gasteiger partial charge on any atom is 0.276 e. The first-order valence-corrected chi connectivity index (χ1v) is 10.3. The Bertz CT molecular complexity index is 852. The Morgan fingerprint density at radius 2 is 1.69 bits per heavy atom. The molecule has 2 aromatic rings. The summed E-state index contributed by atoms with van der Waals surface area (Å²) in [4.78, 5) is 24.4. The summed E-state index contributed by atoms with van der Waals surface area (Å²) in [6, 6.07) is 12.6. The lowest BCUT2D eigenvalue weighted by molar-refractivity contribution is -0.123. The number of hydrazine groups is 1. The number of carbonyl (C=O) groups is 2. The highest BCUT2D eigenvalue weighted by Crippen LogP contribution is 2.28. The summed E-state index contributed by atoms with van der Waals surface area (Å²) in [6.07, 6.45) is 0. The topological polar surface area (TPSA) is 76.7 Å². The zero-order valence-corrected chi connectivity index (χ0v) is 18.7. The summed E-state index contributed by atoms with van der Waals surface area (Å²) in [7, 11) is 0. The number of rotatable bonds is 8. The van der Waals surface area contributed by atoms with Crippen LogP contribution in [0.3, 0.4) is 0 Å². The van der Waals surface area contributed by atoms with E-state index in [9.17, 15) is 9.59 Å². The Kier molecular flexibility index (Phi) is 8.51. The predicted octanol–water partition coefficient (Wildman–Crippen LogP) is 4.45. The molecule has 0 fully saturated rings. The molecule has 0 saturated heterocycles. The van der Waals surface area contributed by atoms with Crippen molar-refractivity contribution in [2.75, 3.05) is 13.2 Å². The van der Waals surface area contributed by atoms with Crippen LogP contribution >= 0.6 is 15.9 Å². The van der Waals surface area contributed by atoms with E-state index in [1.807, 2.05) is 32.0 Å². The summed E-state index contributed by atoms with van der Waals surface area (Å²) in [6.45, 7) is 8.52. The molecule has 0 aromatic heterocycles. The highest BCUT2D eigenvalue weighted by Gasteiger charge is 2.14. The molecule has 2 aromatic carbocycles. The van der Waals surface area contributed by atoms with Gasteiger partial charge < -0.3 is 9.47 Å². The van der Waals surface area contributed by atoms with Crippen LogP contribution in [-0.4, -0.2) is 25.0 Å². The number of carbonyl (C=O) groups excluding carboxylic acids is 2. The SMILES string of the molecule is CC(C)COc1ccccc1C(=O)NNC(=O)COc1ccc(C(C)C)cc1Br. The molecule has 0 heterocycles. The number of hydrogen-bond donors (Lipinski definition) is 2. The van der Waals surface area contributed by atoms with E-state index in [0.29, 0.717) is 35.5 Å². The zero-order valence-electron chi connectivity index (χ0n) is 17.1. The van der Waals surface area contributed by atoms with Gasteiger partial charge in [0.2, 0.25) is 0 Å². The van der Waals surface area contributed by atoms with Gasteiger partial charge in [0.25, 0.3) is 11.8 Å². The standard InChI is InChI=1S/C22H27BrN2O4/c1-14(2)12-28-19-8-6-5-7-17(19)22(27)25-24-21(26)13-29-20-10-9-16(15(3)4)11-18(20)23/h5-11,14-15H,12-13H2,1-4H3,(H,24,26)(H,25,27). The molecule has 0 atom stereocenters. The lowest BCUT2D eigenvalue weighted by atomic mass is 10.0. The number of hydrogen-bond acceptors (Lipinski definition) is 4. The molecule has 0 aliphatic carbocycles. The quantitative estimate of drug-likeness (QED) is 0.568. The number of para-hydroxylation sites is 1. The van der Waals surface area contributed by atoms with Gasteiger partial charge in [0.05, 0.1) is 16.6 Å². The molecule has 0 radical (unpaired) electrons. The van der Waals surface area contributed by atoms with Crippen LogP contribution in [0.5, 0.6) is 11.5 Å². The highest BCUT2D eigenvalue weighted by atomic mass is 79.9. The fourth-order valence-electron chi connectivity index (χ4n) is 2.40. The Labute approximate surface area is 180 Å². The van der Waals surface area contributed by atoms with Gasteiger partial charge in [-0.25, -0.2) is 0 Å². The third-order valence-electron chi connectivity index (χ3n) is 4.00. The Morgan fingerprint density at radius 1 is 0.966 bits per heavy atom. The van der Waals surface area contributed by atoms with E-state index >= 15 is 0 Å². The van der Waals surface area contributed by atoms with Crippen LogP contribution in [0, 0.1) is 5.92 Å². The van der Waals surface area contributed by atoms with Crippen molar-refractivity contribution in [3.63, 3.8) is 0 Å². The van der Waals surface area contributed by atoms with Crippen LogP contribution in [0.4, 0.5) is 0 Å². The first-order valence-electron chi connectivity index (χ1n) is 9.51. The molecule has 2 N–H and O–H groups in total. The van der Waals surface area contributed by atoms with Gasteiger partial charge in [0, 0.05) is 0 Å². The van der Waals surface area contributed by atoms with Gasteiger partial charge in [-0.3, -0.25) is 20.4 Å². The van der Waals surface area contributed by atoms with E-state index in [1.165, 1.54) is 5.56 Å². The molecule has 0 bridgehead atoms. The molecular formula is C22H27BrN2O4. The van der Waals surface area contributed by atoms with Gasteiger partial charge in [-0.1, -0.05) is 45.9 Å². The third-order valence-corrected chi connectivity index (χ3v) is 4.62. The molecule has 7 heteroatoms. The van der Waals surface area contributed by atoms with E-state index in [0.717, 1.165) is 4.47 Å². The van der Waals surface area contributed by atoms with Gasteiger partial charge in [0.15, 0.2) is 6.61 Å². The molecule has 2 rings (SSSR count). The average molecular weight is 463 g/mol. The summed E-state index contributed by atoms with van der Waals surface area (Å²) < 4.78 is 12.0. The van der Waals surface area contributed by atoms with Crippen LogP contribution in [0.1, 0.15) is 49.5 Å². The second-order valence-electron chi connectivity index (χ2n) is 7.34. The van der Waals surface area contributed by atoms with Gasteiger partial charge >= 0.3 is 0 Å². The normalized spacial score (nSPS) is 10.7. The molecule has 29 heavy (non-hydrogen) atoms. The summed E-state index contributed by atoms with van der Waals surface area (Å²) in [5.74, 6) is 0.823. The van der Waals surface area contributed by atoms with Gasteiger partial charge in [-0.05, 0) is 57.6 Å². The van der Waals surface area contributed by atoms with E-state index in [2.05, 4.69) is 40.6 Å². The van der Waals surface area contributed by atoms with Gasteiger partial charge in [0.1, 0.15) is 11.5 Å². The second kappa shape index (κ2) is 10.9. The van der Waals surface area contributed by atoms with Crippen molar-refractivity contribution >= 4 is 27.7 Å². The van der Waals surface area contributed by atoms with E-state index in [4.69, 9.17) is 9.47 Å². The zero-order chi connectivity index (χ0) is 21.4. The Hall–Kier alpha value is -2.54. The van der Waals surface area contributed by atoms with Crippen LogP contribution < -0.4 is 20.3 Å². The maximum atomic E-state index is 12.4. The van der Waals surface area contributed by atoms with Gasteiger partial charge in [-0.15, -0.1) is 0 Å². The molecule has 2 amide bonds. The monoisotopic (exact) mass is 462 g/mol. The van der Waals surface area contributed by atoms with Crippen LogP contribution in [-0.2, 0) is 4.79 Å². The van der Waals surface area contributed by atoms with Crippen molar-refractivity contribution in [3.8, 4) is 11.5 Å². The first kappa shape index (κ1) is 22.7. The minimum Gasteiger partial charge on any atom is -0.492 e. The first-order chi connectivity index (χ1) is 13.8. The molecule has 0 aliphatic heterocycles. The minimum absolute atomic E-state index is 0.231. The van der Waals surface area contributed by atoms with Crippen molar-refractivity contribution in [2.24, 2.45) is 5.92 Å². The smallest absolute Gasteiger partial charge is 0.276 e. The number of halogens is 1. The van der Waals surface area contributed by atoms with Crippen molar-refractivity contribution in [1.29, 1.82) is 0 Å².